The molecule has 24 heavy (non-hydrogen) atoms. The highest BCUT2D eigenvalue weighted by molar-refractivity contribution is 7.84. The highest BCUT2D eigenvalue weighted by Crippen LogP contribution is 2.24. The van der Waals surface area contributed by atoms with E-state index in [4.69, 9.17) is 0 Å². The summed E-state index contributed by atoms with van der Waals surface area (Å²) in [5, 5.41) is 13.8. The van der Waals surface area contributed by atoms with Gasteiger partial charge in [-0.15, -0.1) is 5.10 Å². The summed E-state index contributed by atoms with van der Waals surface area (Å²) < 4.78 is 13.9. The number of anilines is 1. The second-order valence-corrected chi connectivity index (χ2v) is 7.76. The molecule has 1 amide bonds. The first kappa shape index (κ1) is 16.8. The number of hydrogen-bond donors (Lipinski definition) is 1. The Morgan fingerprint density at radius 1 is 1.29 bits per heavy atom. The molecule has 3 rings (SSSR count). The van der Waals surface area contributed by atoms with Crippen molar-refractivity contribution < 1.29 is 9.00 Å². The first-order chi connectivity index (χ1) is 11.7. The maximum absolute atomic E-state index is 12.5. The van der Waals surface area contributed by atoms with Crippen LogP contribution in [0.2, 0.25) is 0 Å². The first-order valence-electron chi connectivity index (χ1n) is 8.17. The molecule has 8 heteroatoms. The Morgan fingerprint density at radius 2 is 2.12 bits per heavy atom. The van der Waals surface area contributed by atoms with Crippen molar-refractivity contribution >= 4 is 22.4 Å². The maximum Gasteiger partial charge on any atom is 0.246 e. The molecule has 1 atom stereocenters. The number of amides is 1. The Labute approximate surface area is 143 Å². The second-order valence-electron chi connectivity index (χ2n) is 6.04. The molecule has 1 aromatic heterocycles. The zero-order valence-corrected chi connectivity index (χ0v) is 14.2. The number of carbonyl (C=O) groups is 1. The largest absolute Gasteiger partial charge is 0.324 e. The van der Waals surface area contributed by atoms with Gasteiger partial charge in [0.2, 0.25) is 5.91 Å². The number of tetrazole rings is 1. The number of nitrogens with zero attached hydrogens (tertiary/aromatic N) is 4. The monoisotopic (exact) mass is 347 g/mol. The summed E-state index contributed by atoms with van der Waals surface area (Å²) in [4.78, 5) is 12.0. The lowest BCUT2D eigenvalue weighted by Gasteiger charge is -2.21. The lowest BCUT2D eigenvalue weighted by molar-refractivity contribution is -0.116. The molecule has 0 radical (unpaired) electrons. The Kier molecular flexibility index (Phi) is 5.68. The standard InChI is InChI=1S/C16H21N5O2S/c22-16(10-21-12-17-19-20-21)18-14-6-4-5-13(9-14)11-24(23)15-7-2-1-3-8-15/h4-6,9,12,15H,1-3,7-8,10-11H2,(H,18,22)/t24-/m1/s1. The minimum atomic E-state index is -0.848. The summed E-state index contributed by atoms with van der Waals surface area (Å²) >= 11 is 0. The fourth-order valence-corrected chi connectivity index (χ4v) is 4.55. The van der Waals surface area contributed by atoms with Gasteiger partial charge >= 0.3 is 0 Å². The highest BCUT2D eigenvalue weighted by atomic mass is 32.2. The van der Waals surface area contributed by atoms with Crippen LogP contribution < -0.4 is 5.32 Å². The van der Waals surface area contributed by atoms with Gasteiger partial charge < -0.3 is 5.32 Å². The van der Waals surface area contributed by atoms with Gasteiger partial charge in [-0.25, -0.2) is 4.68 Å². The molecule has 1 saturated carbocycles. The first-order valence-corrected chi connectivity index (χ1v) is 9.55. The molecule has 0 unspecified atom stereocenters. The predicted octanol–water partition coefficient (Wildman–Crippen LogP) is 1.89. The Hall–Kier alpha value is -2.09. The minimum Gasteiger partial charge on any atom is -0.324 e. The van der Waals surface area contributed by atoms with Crippen LogP contribution in [-0.2, 0) is 27.9 Å². The topological polar surface area (TPSA) is 89.8 Å². The van der Waals surface area contributed by atoms with E-state index in [0.29, 0.717) is 16.7 Å². The summed E-state index contributed by atoms with van der Waals surface area (Å²) in [7, 11) is -0.848. The van der Waals surface area contributed by atoms with Crippen LogP contribution in [0.5, 0.6) is 0 Å². The molecule has 1 fully saturated rings. The van der Waals surface area contributed by atoms with Crippen molar-refractivity contribution in [2.24, 2.45) is 0 Å². The smallest absolute Gasteiger partial charge is 0.246 e. The quantitative estimate of drug-likeness (QED) is 0.862. The summed E-state index contributed by atoms with van der Waals surface area (Å²) in [6.07, 6.45) is 7.15. The van der Waals surface area contributed by atoms with E-state index in [0.717, 1.165) is 18.4 Å². The maximum atomic E-state index is 12.5. The third-order valence-corrected chi connectivity index (χ3v) is 5.97. The van der Waals surface area contributed by atoms with E-state index in [-0.39, 0.29) is 12.5 Å². The van der Waals surface area contributed by atoms with Crippen LogP contribution in [0.1, 0.15) is 37.7 Å². The average Bonchev–Trinajstić information content (AvgIpc) is 3.08. The van der Waals surface area contributed by atoms with E-state index in [1.54, 1.807) is 0 Å². The van der Waals surface area contributed by atoms with E-state index in [9.17, 15) is 9.00 Å². The molecule has 0 aliphatic heterocycles. The number of rotatable bonds is 6. The van der Waals surface area contributed by atoms with Gasteiger partial charge in [0.25, 0.3) is 0 Å². The fourth-order valence-electron chi connectivity index (χ4n) is 2.95. The van der Waals surface area contributed by atoms with Crippen LogP contribution in [0.4, 0.5) is 5.69 Å². The molecule has 1 aliphatic rings. The molecular formula is C16H21N5O2S. The number of carbonyl (C=O) groups excluding carboxylic acids is 1. The number of benzene rings is 1. The van der Waals surface area contributed by atoms with Gasteiger partial charge in [0.1, 0.15) is 12.9 Å². The molecule has 7 nitrogen and oxygen atoms in total. The average molecular weight is 347 g/mol. The molecule has 1 heterocycles. The normalized spacial score (nSPS) is 16.7. The zero-order chi connectivity index (χ0) is 16.8. The van der Waals surface area contributed by atoms with E-state index in [1.807, 2.05) is 24.3 Å². The second kappa shape index (κ2) is 8.14. The molecule has 0 bridgehead atoms. The van der Waals surface area contributed by atoms with Crippen LogP contribution in [0, 0.1) is 0 Å². The highest BCUT2D eigenvalue weighted by Gasteiger charge is 2.19. The van der Waals surface area contributed by atoms with Gasteiger partial charge in [-0.2, -0.15) is 0 Å². The van der Waals surface area contributed by atoms with Crippen molar-refractivity contribution in [3.8, 4) is 0 Å². The molecule has 128 valence electrons. The number of hydrogen-bond acceptors (Lipinski definition) is 5. The van der Waals surface area contributed by atoms with Crippen LogP contribution in [0.3, 0.4) is 0 Å². The Bertz CT molecular complexity index is 698. The number of aromatic nitrogens is 4. The van der Waals surface area contributed by atoms with Gasteiger partial charge in [-0.3, -0.25) is 9.00 Å². The molecule has 0 saturated heterocycles. The van der Waals surface area contributed by atoms with E-state index < -0.39 is 10.8 Å². The van der Waals surface area contributed by atoms with Crippen molar-refractivity contribution in [3.05, 3.63) is 36.2 Å². The van der Waals surface area contributed by atoms with Crippen molar-refractivity contribution in [1.82, 2.24) is 20.2 Å². The SMILES string of the molecule is O=C(Cn1cnnn1)Nc1cccc(C[S@@](=O)C2CCCCC2)c1. The summed E-state index contributed by atoms with van der Waals surface area (Å²) in [5.74, 6) is 0.342. The summed E-state index contributed by atoms with van der Waals surface area (Å²) in [6.45, 7) is 0.0607. The molecule has 0 spiro atoms. The van der Waals surface area contributed by atoms with Crippen LogP contribution >= 0.6 is 0 Å². The Morgan fingerprint density at radius 3 is 2.88 bits per heavy atom. The van der Waals surface area contributed by atoms with Crippen molar-refractivity contribution in [1.29, 1.82) is 0 Å². The Balaban J connectivity index is 1.57. The molecule has 1 aromatic carbocycles. The third kappa shape index (κ3) is 4.70. The lowest BCUT2D eigenvalue weighted by atomic mass is 10.0. The molecule has 1 N–H and O–H groups in total. The fraction of sp³-hybridized carbons (Fsp3) is 0.500. The molecule has 2 aromatic rings. The minimum absolute atomic E-state index is 0.0607. The molecular weight excluding hydrogens is 326 g/mol. The van der Waals surface area contributed by atoms with E-state index in [1.165, 1.54) is 30.3 Å². The summed E-state index contributed by atoms with van der Waals surface area (Å²) in [6, 6.07) is 7.54. The van der Waals surface area contributed by atoms with Crippen LogP contribution in [-0.4, -0.2) is 35.6 Å². The zero-order valence-electron chi connectivity index (χ0n) is 13.4. The van der Waals surface area contributed by atoms with Gasteiger partial charge in [-0.1, -0.05) is 31.4 Å². The van der Waals surface area contributed by atoms with Gasteiger partial charge in [0.05, 0.1) is 0 Å². The van der Waals surface area contributed by atoms with Crippen molar-refractivity contribution in [3.63, 3.8) is 0 Å². The third-order valence-electron chi connectivity index (χ3n) is 4.14. The van der Waals surface area contributed by atoms with Gasteiger partial charge in [0.15, 0.2) is 0 Å². The van der Waals surface area contributed by atoms with Gasteiger partial charge in [0, 0.05) is 27.5 Å². The van der Waals surface area contributed by atoms with Crippen LogP contribution in [0.15, 0.2) is 30.6 Å². The van der Waals surface area contributed by atoms with Gasteiger partial charge in [-0.05, 0) is 41.0 Å². The van der Waals surface area contributed by atoms with E-state index in [2.05, 4.69) is 20.8 Å². The van der Waals surface area contributed by atoms with Crippen LogP contribution in [0.25, 0.3) is 0 Å². The predicted molar refractivity (Wildman–Crippen MR) is 91.6 cm³/mol. The van der Waals surface area contributed by atoms with Crippen molar-refractivity contribution in [2.75, 3.05) is 5.32 Å². The summed E-state index contributed by atoms with van der Waals surface area (Å²) in [5.41, 5.74) is 1.69. The van der Waals surface area contributed by atoms with Crippen molar-refractivity contribution in [2.45, 2.75) is 49.7 Å². The molecule has 1 aliphatic carbocycles. The number of nitrogens with one attached hydrogen (secondary N) is 1. The van der Waals surface area contributed by atoms with E-state index >= 15 is 0 Å². The lowest BCUT2D eigenvalue weighted by Crippen LogP contribution is -2.20.